The van der Waals surface area contributed by atoms with Gasteiger partial charge in [-0.15, -0.1) is 0 Å². The number of carbonyl (C=O) groups excluding carboxylic acids is 3. The molecule has 0 aromatic carbocycles. The predicted octanol–water partition coefficient (Wildman–Crippen LogP) is -10.1. The van der Waals surface area contributed by atoms with Crippen molar-refractivity contribution >= 4 is 23.7 Å². The van der Waals surface area contributed by atoms with Crippen LogP contribution in [0.15, 0.2) is 0 Å². The van der Waals surface area contributed by atoms with Crippen molar-refractivity contribution < 1.29 is 119 Å². The van der Waals surface area contributed by atoms with Crippen LogP contribution < -0.4 is 16.0 Å². The number of ether oxygens (including phenoxy) is 7. The Labute approximate surface area is 340 Å². The number of carbonyl (C=O) groups is 4. The number of rotatable bonds is 16. The summed E-state index contributed by atoms with van der Waals surface area (Å²) in [5.74, 6) is -7.27. The number of aliphatic hydroxyl groups excluding tert-OH is 12. The van der Waals surface area contributed by atoms with Crippen LogP contribution in [0.4, 0.5) is 0 Å². The van der Waals surface area contributed by atoms with Crippen LogP contribution in [0.2, 0.25) is 0 Å². The molecule has 0 radical (unpaired) electrons. The molecule has 16 N–H and O–H groups in total. The number of amides is 3. The van der Waals surface area contributed by atoms with Crippen molar-refractivity contribution in [2.45, 2.75) is 155 Å². The van der Waals surface area contributed by atoms with Gasteiger partial charge in [-0.1, -0.05) is 0 Å². The molecular weight excluding hydrogens is 822 g/mol. The quantitative estimate of drug-likeness (QED) is 0.0684. The van der Waals surface area contributed by atoms with Gasteiger partial charge in [0.1, 0.15) is 91.4 Å². The van der Waals surface area contributed by atoms with Crippen molar-refractivity contribution in [1.82, 2.24) is 16.0 Å². The molecule has 0 bridgehead atoms. The van der Waals surface area contributed by atoms with E-state index in [2.05, 4.69) is 16.0 Å². The Hall–Kier alpha value is -2.88. The van der Waals surface area contributed by atoms with Crippen molar-refractivity contribution in [3.63, 3.8) is 0 Å². The molecule has 0 spiro atoms. The number of carboxylic acids is 1. The number of carboxylic acid groups (broad SMARTS) is 1. The summed E-state index contributed by atoms with van der Waals surface area (Å²) < 4.78 is 39.9. The SMILES string of the molecule is CC(=O)N[C@H]1[C@H](O[C@H]2[C@@H](O)[C@@H](CO[C@]3(C(=O)O)C[C@H](O)[C@@H](NC(C)=O)[C@H]([C@H](O)[C@H](O)CO)O3)O[C@H](OC[C@H]3OC(O)[C@H](O)[C@@H](O)[C@@H]3O)[C@@H]2NC(C)=O)O[C@H](CO)[C@@H](O)[C@@H]1O. The van der Waals surface area contributed by atoms with Gasteiger partial charge in [0.25, 0.3) is 5.79 Å². The maximum Gasteiger partial charge on any atom is 0.364 e. The van der Waals surface area contributed by atoms with Crippen LogP contribution in [0, 0.1) is 0 Å². The van der Waals surface area contributed by atoms with E-state index in [9.17, 15) is 85.6 Å². The van der Waals surface area contributed by atoms with E-state index < -0.39 is 185 Å². The summed E-state index contributed by atoms with van der Waals surface area (Å²) in [4.78, 5) is 49.5. The molecule has 0 aromatic rings. The minimum Gasteiger partial charge on any atom is -0.477 e. The standard InChI is InChI=1S/C33H55N3O24/c1-9(39)34-17-12(42)4-33(32(52)53,60-28(17)20(44)13(43)5-37)55-8-16-23(47)27(59-31-18(35-10(2)40)24(48)21(45)14(6-38)57-31)19(36-11(3)41)30(58-16)54-7-15-22(46)25(49)26(50)29(51)56-15/h12-31,37-38,42-51H,4-8H2,1-3H3,(H,34,39)(H,35,40)(H,36,41)(H,52,53)/t12-,13+,14+,15+,16+,17+,18+,19+,20+,21+,22+,23-,24+,25-,26+,27+,28+,29?,30-,31-,33+/m0/s1. The Balaban J connectivity index is 1.73. The van der Waals surface area contributed by atoms with Crippen LogP contribution in [0.5, 0.6) is 0 Å². The minimum atomic E-state index is -2.97. The maximum absolute atomic E-state index is 12.8. The maximum atomic E-state index is 12.8. The third kappa shape index (κ3) is 11.2. The van der Waals surface area contributed by atoms with Crippen molar-refractivity contribution in [2.24, 2.45) is 0 Å². The third-order valence-corrected chi connectivity index (χ3v) is 10.4. The lowest BCUT2D eigenvalue weighted by molar-refractivity contribution is -0.350. The van der Waals surface area contributed by atoms with E-state index in [1.54, 1.807) is 0 Å². The summed E-state index contributed by atoms with van der Waals surface area (Å²) in [6.07, 6.45) is -33.1. The summed E-state index contributed by atoms with van der Waals surface area (Å²) in [7, 11) is 0. The highest BCUT2D eigenvalue weighted by Gasteiger charge is 2.58. The molecule has 4 fully saturated rings. The van der Waals surface area contributed by atoms with Gasteiger partial charge in [-0.3, -0.25) is 14.4 Å². The second-order valence-electron chi connectivity index (χ2n) is 14.9. The van der Waals surface area contributed by atoms with Gasteiger partial charge in [-0.2, -0.15) is 0 Å². The fraction of sp³-hybridized carbons (Fsp3) is 0.879. The van der Waals surface area contributed by atoms with E-state index >= 15 is 0 Å². The lowest BCUT2D eigenvalue weighted by atomic mass is 9.88. The molecule has 4 rings (SSSR count). The first-order valence-corrected chi connectivity index (χ1v) is 18.7. The Morgan fingerprint density at radius 1 is 0.683 bits per heavy atom. The van der Waals surface area contributed by atoms with Crippen molar-refractivity contribution in [1.29, 1.82) is 0 Å². The summed E-state index contributed by atoms with van der Waals surface area (Å²) in [5, 5.41) is 143. The number of aliphatic carboxylic acids is 1. The summed E-state index contributed by atoms with van der Waals surface area (Å²) in [6.45, 7) is -0.766. The predicted molar refractivity (Wildman–Crippen MR) is 186 cm³/mol. The number of hydrogen-bond donors (Lipinski definition) is 16. The molecule has 60 heavy (non-hydrogen) atoms. The molecule has 0 aromatic heterocycles. The Morgan fingerprint density at radius 3 is 1.80 bits per heavy atom. The molecule has 4 heterocycles. The largest absolute Gasteiger partial charge is 0.477 e. The van der Waals surface area contributed by atoms with E-state index in [4.69, 9.17) is 33.2 Å². The van der Waals surface area contributed by atoms with Gasteiger partial charge >= 0.3 is 5.97 Å². The molecule has 346 valence electrons. The third-order valence-electron chi connectivity index (χ3n) is 10.4. The van der Waals surface area contributed by atoms with Crippen molar-refractivity contribution in [3.8, 4) is 0 Å². The van der Waals surface area contributed by atoms with Gasteiger partial charge in [0.05, 0.1) is 38.6 Å². The lowest BCUT2D eigenvalue weighted by Gasteiger charge is -2.49. The Kier molecular flexibility index (Phi) is 17.4. The van der Waals surface area contributed by atoms with E-state index in [1.165, 1.54) is 0 Å². The van der Waals surface area contributed by atoms with Gasteiger partial charge < -0.3 is 115 Å². The van der Waals surface area contributed by atoms with Crippen LogP contribution in [0.1, 0.15) is 27.2 Å². The van der Waals surface area contributed by atoms with Gasteiger partial charge in [0.15, 0.2) is 18.9 Å². The van der Waals surface area contributed by atoms with E-state index in [0.717, 1.165) is 20.8 Å². The van der Waals surface area contributed by atoms with Gasteiger partial charge in [0.2, 0.25) is 17.7 Å². The lowest BCUT2D eigenvalue weighted by Crippen LogP contribution is -2.70. The number of nitrogens with one attached hydrogen (secondary N) is 3. The normalized spacial score (nSPS) is 43.3. The van der Waals surface area contributed by atoms with Crippen LogP contribution in [0.3, 0.4) is 0 Å². The molecule has 4 aliphatic heterocycles. The minimum absolute atomic E-state index is 0.769. The first-order valence-electron chi connectivity index (χ1n) is 18.7. The second kappa shape index (κ2) is 21.0. The first-order chi connectivity index (χ1) is 28.1. The van der Waals surface area contributed by atoms with Crippen LogP contribution in [-0.4, -0.2) is 245 Å². The Morgan fingerprint density at radius 2 is 1.23 bits per heavy atom. The molecule has 4 aliphatic rings. The average molecular weight is 878 g/mol. The molecule has 21 atom stereocenters. The van der Waals surface area contributed by atoms with Gasteiger partial charge in [-0.05, 0) is 0 Å². The summed E-state index contributed by atoms with van der Waals surface area (Å²) in [5.41, 5.74) is 0. The van der Waals surface area contributed by atoms with E-state index in [1.807, 2.05) is 0 Å². The highest BCUT2D eigenvalue weighted by Crippen LogP contribution is 2.36. The van der Waals surface area contributed by atoms with Crippen LogP contribution in [0.25, 0.3) is 0 Å². The van der Waals surface area contributed by atoms with Gasteiger partial charge in [-0.25, -0.2) is 4.79 Å². The fourth-order valence-corrected chi connectivity index (χ4v) is 7.24. The average Bonchev–Trinajstić information content (AvgIpc) is 3.18. The highest BCUT2D eigenvalue weighted by atomic mass is 16.8. The molecular formula is C33H55N3O24. The van der Waals surface area contributed by atoms with E-state index in [-0.39, 0.29) is 0 Å². The monoisotopic (exact) mass is 877 g/mol. The topological polar surface area (TPSA) is 432 Å². The van der Waals surface area contributed by atoms with Crippen LogP contribution in [-0.2, 0) is 52.3 Å². The molecule has 3 amide bonds. The number of hydrogen-bond acceptors (Lipinski definition) is 23. The Bertz CT molecular complexity index is 1470. The van der Waals surface area contributed by atoms with Crippen molar-refractivity contribution in [3.05, 3.63) is 0 Å². The summed E-state index contributed by atoms with van der Waals surface area (Å²) >= 11 is 0. The zero-order valence-corrected chi connectivity index (χ0v) is 32.4. The van der Waals surface area contributed by atoms with Gasteiger partial charge in [0, 0.05) is 27.2 Å². The molecule has 0 saturated carbocycles. The smallest absolute Gasteiger partial charge is 0.364 e. The highest BCUT2D eigenvalue weighted by molar-refractivity contribution is 5.77. The van der Waals surface area contributed by atoms with Crippen molar-refractivity contribution in [2.75, 3.05) is 26.4 Å². The molecule has 27 nitrogen and oxygen atoms in total. The molecule has 1 unspecified atom stereocenters. The zero-order chi connectivity index (χ0) is 45.0. The molecule has 0 aliphatic carbocycles. The fourth-order valence-electron chi connectivity index (χ4n) is 7.24. The first kappa shape index (κ1) is 49.8. The van der Waals surface area contributed by atoms with Crippen LogP contribution >= 0.6 is 0 Å². The number of aliphatic hydroxyl groups is 12. The molecule has 4 saturated heterocycles. The second-order valence-corrected chi connectivity index (χ2v) is 14.9. The summed E-state index contributed by atoms with van der Waals surface area (Å²) in [6, 6.07) is -4.87. The zero-order valence-electron chi connectivity index (χ0n) is 32.4. The van der Waals surface area contributed by atoms with E-state index in [0.29, 0.717) is 0 Å². The molecule has 27 heteroatoms.